The molecule has 5 heteroatoms. The fourth-order valence-corrected chi connectivity index (χ4v) is 2.07. The van der Waals surface area contributed by atoms with Crippen molar-refractivity contribution in [3.8, 4) is 11.5 Å². The molecule has 0 spiro atoms. The molecule has 0 heterocycles. The van der Waals surface area contributed by atoms with Crippen LogP contribution in [-0.2, 0) is 0 Å². The second-order valence-corrected chi connectivity index (χ2v) is 5.08. The Morgan fingerprint density at radius 3 is 2.68 bits per heavy atom. The van der Waals surface area contributed by atoms with E-state index >= 15 is 0 Å². The highest BCUT2D eigenvalue weighted by Crippen LogP contribution is 2.27. The Morgan fingerprint density at radius 2 is 2.00 bits per heavy atom. The van der Waals surface area contributed by atoms with Gasteiger partial charge in [0.25, 0.3) is 0 Å². The number of ether oxygens (including phenoxy) is 2. The van der Waals surface area contributed by atoms with Crippen LogP contribution < -0.4 is 14.9 Å². The van der Waals surface area contributed by atoms with Crippen molar-refractivity contribution in [1.82, 2.24) is 0 Å². The van der Waals surface area contributed by atoms with Gasteiger partial charge < -0.3 is 9.47 Å². The van der Waals surface area contributed by atoms with Crippen LogP contribution in [0.4, 0.5) is 5.69 Å². The summed E-state index contributed by atoms with van der Waals surface area (Å²) >= 11 is 6.08. The van der Waals surface area contributed by atoms with Crippen LogP contribution >= 0.6 is 11.6 Å². The maximum Gasteiger partial charge on any atom is 0.161 e. The first kappa shape index (κ1) is 16.2. The van der Waals surface area contributed by atoms with Crippen LogP contribution in [0.25, 0.3) is 0 Å². The van der Waals surface area contributed by atoms with E-state index in [0.717, 1.165) is 16.8 Å². The average molecular weight is 319 g/mol. The first-order chi connectivity index (χ1) is 10.6. The Bertz CT molecular complexity index is 672. The van der Waals surface area contributed by atoms with Crippen molar-refractivity contribution in [3.05, 3.63) is 52.5 Å². The quantitative estimate of drug-likeness (QED) is 0.630. The van der Waals surface area contributed by atoms with Gasteiger partial charge in [-0.3, -0.25) is 5.43 Å². The highest BCUT2D eigenvalue weighted by atomic mass is 35.5. The Balaban J connectivity index is 2.09. The molecule has 0 aliphatic heterocycles. The van der Waals surface area contributed by atoms with Crippen molar-refractivity contribution in [2.24, 2.45) is 5.10 Å². The van der Waals surface area contributed by atoms with Gasteiger partial charge in [-0.1, -0.05) is 17.7 Å². The Hall–Kier alpha value is -2.20. The fraction of sp³-hybridized carbons (Fsp3) is 0.235. The second kappa shape index (κ2) is 7.71. The predicted molar refractivity (Wildman–Crippen MR) is 91.6 cm³/mol. The van der Waals surface area contributed by atoms with Crippen molar-refractivity contribution >= 4 is 23.5 Å². The lowest BCUT2D eigenvalue weighted by atomic mass is 10.2. The number of hydrogen-bond donors (Lipinski definition) is 1. The lowest BCUT2D eigenvalue weighted by Crippen LogP contribution is -1.97. The summed E-state index contributed by atoms with van der Waals surface area (Å²) in [6, 6.07) is 11.4. The van der Waals surface area contributed by atoms with E-state index in [1.807, 2.05) is 50.2 Å². The van der Waals surface area contributed by atoms with Crippen LogP contribution in [0.15, 0.2) is 41.5 Å². The highest BCUT2D eigenvalue weighted by Gasteiger charge is 2.04. The minimum atomic E-state index is 0.580. The number of benzene rings is 2. The van der Waals surface area contributed by atoms with Gasteiger partial charge in [0.2, 0.25) is 0 Å². The van der Waals surface area contributed by atoms with Gasteiger partial charge in [0, 0.05) is 5.02 Å². The number of nitrogens with one attached hydrogen (secondary N) is 1. The minimum absolute atomic E-state index is 0.580. The molecule has 0 radical (unpaired) electrons. The molecule has 0 fully saturated rings. The minimum Gasteiger partial charge on any atom is -0.493 e. The van der Waals surface area contributed by atoms with E-state index in [0.29, 0.717) is 23.1 Å². The third-order valence-electron chi connectivity index (χ3n) is 3.07. The van der Waals surface area contributed by atoms with Crippen LogP contribution in [0.3, 0.4) is 0 Å². The third-order valence-corrected chi connectivity index (χ3v) is 3.47. The lowest BCUT2D eigenvalue weighted by molar-refractivity contribution is 0.311. The normalized spacial score (nSPS) is 10.7. The lowest BCUT2D eigenvalue weighted by Gasteiger charge is -2.09. The Labute approximate surface area is 135 Å². The number of hydrogen-bond acceptors (Lipinski definition) is 4. The van der Waals surface area contributed by atoms with Crippen molar-refractivity contribution in [3.63, 3.8) is 0 Å². The Kier molecular flexibility index (Phi) is 5.67. The van der Waals surface area contributed by atoms with Gasteiger partial charge in [0.15, 0.2) is 11.5 Å². The van der Waals surface area contributed by atoms with Gasteiger partial charge in [-0.05, 0) is 55.3 Å². The smallest absolute Gasteiger partial charge is 0.161 e. The van der Waals surface area contributed by atoms with E-state index in [4.69, 9.17) is 21.1 Å². The largest absolute Gasteiger partial charge is 0.493 e. The molecule has 0 saturated heterocycles. The van der Waals surface area contributed by atoms with E-state index in [-0.39, 0.29) is 0 Å². The first-order valence-corrected chi connectivity index (χ1v) is 7.38. The van der Waals surface area contributed by atoms with E-state index in [2.05, 4.69) is 10.5 Å². The van der Waals surface area contributed by atoms with Gasteiger partial charge >= 0.3 is 0 Å². The standard InChI is InChI=1S/C17H19ClN2O2/c1-4-22-17-9-13(6-8-16(17)21-3)11-19-20-14-7-5-12(2)15(18)10-14/h5-11,20H,4H2,1-3H3/b19-11+. The summed E-state index contributed by atoms with van der Waals surface area (Å²) in [6.07, 6.45) is 1.72. The van der Waals surface area contributed by atoms with Crippen LogP contribution in [0, 0.1) is 6.92 Å². The predicted octanol–water partition coefficient (Wildman–Crippen LogP) is 4.50. The molecule has 116 valence electrons. The SMILES string of the molecule is CCOc1cc(/C=N/Nc2ccc(C)c(Cl)c2)ccc1OC. The highest BCUT2D eigenvalue weighted by molar-refractivity contribution is 6.31. The summed E-state index contributed by atoms with van der Waals surface area (Å²) in [5.41, 5.74) is 5.74. The number of nitrogens with zero attached hydrogens (tertiary/aromatic N) is 1. The molecule has 2 aromatic carbocycles. The number of anilines is 1. The second-order valence-electron chi connectivity index (χ2n) is 4.68. The van der Waals surface area contributed by atoms with Crippen molar-refractivity contribution in [1.29, 1.82) is 0 Å². The molecule has 22 heavy (non-hydrogen) atoms. The molecule has 0 aliphatic carbocycles. The zero-order valence-corrected chi connectivity index (χ0v) is 13.6. The molecule has 0 aromatic heterocycles. The number of halogens is 1. The summed E-state index contributed by atoms with van der Waals surface area (Å²) in [6.45, 7) is 4.47. The van der Waals surface area contributed by atoms with Gasteiger partial charge in [-0.15, -0.1) is 0 Å². The van der Waals surface area contributed by atoms with Gasteiger partial charge in [0.1, 0.15) is 0 Å². The topological polar surface area (TPSA) is 42.8 Å². The summed E-state index contributed by atoms with van der Waals surface area (Å²) < 4.78 is 10.8. The van der Waals surface area contributed by atoms with Gasteiger partial charge in [-0.2, -0.15) is 5.10 Å². The van der Waals surface area contributed by atoms with E-state index in [9.17, 15) is 0 Å². The maximum atomic E-state index is 6.08. The number of methoxy groups -OCH3 is 1. The van der Waals surface area contributed by atoms with Crippen molar-refractivity contribution in [2.45, 2.75) is 13.8 Å². The molecule has 1 N–H and O–H groups in total. The summed E-state index contributed by atoms with van der Waals surface area (Å²) in [5, 5.41) is 4.92. The average Bonchev–Trinajstić information content (AvgIpc) is 2.51. The number of aryl methyl sites for hydroxylation is 1. The van der Waals surface area contributed by atoms with E-state index in [1.54, 1.807) is 13.3 Å². The summed E-state index contributed by atoms with van der Waals surface area (Å²) in [7, 11) is 1.62. The fourth-order valence-electron chi connectivity index (χ4n) is 1.89. The number of rotatable bonds is 6. The zero-order chi connectivity index (χ0) is 15.9. The molecule has 0 unspecified atom stereocenters. The third kappa shape index (κ3) is 4.15. The van der Waals surface area contributed by atoms with E-state index in [1.165, 1.54) is 0 Å². The molecule has 0 amide bonds. The Morgan fingerprint density at radius 1 is 1.18 bits per heavy atom. The molecule has 0 atom stereocenters. The van der Waals surface area contributed by atoms with E-state index < -0.39 is 0 Å². The molecule has 0 bridgehead atoms. The monoisotopic (exact) mass is 318 g/mol. The van der Waals surface area contributed by atoms with Crippen LogP contribution in [-0.4, -0.2) is 19.9 Å². The van der Waals surface area contributed by atoms with Gasteiger partial charge in [0.05, 0.1) is 25.6 Å². The first-order valence-electron chi connectivity index (χ1n) is 7.00. The van der Waals surface area contributed by atoms with Crippen LogP contribution in [0.5, 0.6) is 11.5 Å². The molecule has 0 saturated carbocycles. The molecular formula is C17H19ClN2O2. The number of hydrazone groups is 1. The van der Waals surface area contributed by atoms with Gasteiger partial charge in [-0.25, -0.2) is 0 Å². The van der Waals surface area contributed by atoms with Crippen LogP contribution in [0.2, 0.25) is 5.02 Å². The molecule has 0 aliphatic rings. The molecule has 2 rings (SSSR count). The zero-order valence-electron chi connectivity index (χ0n) is 12.9. The van der Waals surface area contributed by atoms with Crippen molar-refractivity contribution < 1.29 is 9.47 Å². The van der Waals surface area contributed by atoms with Crippen molar-refractivity contribution in [2.75, 3.05) is 19.1 Å². The van der Waals surface area contributed by atoms with Crippen LogP contribution in [0.1, 0.15) is 18.1 Å². The summed E-state index contributed by atoms with van der Waals surface area (Å²) in [4.78, 5) is 0. The molecular weight excluding hydrogens is 300 g/mol. The maximum absolute atomic E-state index is 6.08. The molecule has 2 aromatic rings. The summed E-state index contributed by atoms with van der Waals surface area (Å²) in [5.74, 6) is 1.41. The molecule has 4 nitrogen and oxygen atoms in total.